The van der Waals surface area contributed by atoms with E-state index in [9.17, 15) is 22.0 Å². The van der Waals surface area contributed by atoms with E-state index in [1.807, 2.05) is 0 Å². The first kappa shape index (κ1) is 21.2. The molecule has 0 bridgehead atoms. The predicted molar refractivity (Wildman–Crippen MR) is 107 cm³/mol. The van der Waals surface area contributed by atoms with Crippen LogP contribution >= 0.6 is 0 Å². The molecule has 1 aliphatic carbocycles. The molecule has 0 spiro atoms. The molecule has 3 rings (SSSR count). The minimum atomic E-state index is -4.15. The van der Waals surface area contributed by atoms with Crippen molar-refractivity contribution < 1.29 is 22.0 Å². The summed E-state index contributed by atoms with van der Waals surface area (Å²) in [6.07, 6.45) is 5.00. The van der Waals surface area contributed by atoms with Crippen LogP contribution in [-0.2, 0) is 14.8 Å². The van der Waals surface area contributed by atoms with Gasteiger partial charge in [-0.25, -0.2) is 17.2 Å². The molecule has 2 aromatic rings. The van der Waals surface area contributed by atoms with Gasteiger partial charge in [0.05, 0.1) is 10.6 Å². The molecular formula is C21H24F2N2O3S. The van der Waals surface area contributed by atoms with Crippen LogP contribution in [0.1, 0.15) is 32.1 Å². The van der Waals surface area contributed by atoms with Gasteiger partial charge in [0.1, 0.15) is 18.2 Å². The maximum atomic E-state index is 13.4. The summed E-state index contributed by atoms with van der Waals surface area (Å²) in [6, 6.07) is 9.37. The van der Waals surface area contributed by atoms with Gasteiger partial charge in [-0.2, -0.15) is 0 Å². The summed E-state index contributed by atoms with van der Waals surface area (Å²) >= 11 is 0. The summed E-state index contributed by atoms with van der Waals surface area (Å²) in [6.45, 7) is -0.418. The van der Waals surface area contributed by atoms with Crippen molar-refractivity contribution in [2.75, 3.05) is 17.9 Å². The summed E-state index contributed by atoms with van der Waals surface area (Å²) in [5, 5.41) is 0. The number of hydrogen-bond donors (Lipinski definition) is 0. The lowest BCUT2D eigenvalue weighted by atomic mass is 9.94. The fraction of sp³-hybridized carbons (Fsp3) is 0.381. The number of benzene rings is 2. The van der Waals surface area contributed by atoms with Gasteiger partial charge in [-0.15, -0.1) is 0 Å². The minimum absolute atomic E-state index is 0.0832. The summed E-state index contributed by atoms with van der Waals surface area (Å²) < 4.78 is 54.0. The lowest BCUT2D eigenvalue weighted by molar-refractivity contribution is -0.130. The maximum Gasteiger partial charge on any atom is 0.264 e. The van der Waals surface area contributed by atoms with Crippen molar-refractivity contribution in [2.45, 2.75) is 43.0 Å². The third kappa shape index (κ3) is 4.93. The number of sulfonamides is 1. The first-order valence-corrected chi connectivity index (χ1v) is 11.0. The average molecular weight is 422 g/mol. The zero-order valence-corrected chi connectivity index (χ0v) is 17.0. The Balaban J connectivity index is 1.91. The molecule has 0 atom stereocenters. The van der Waals surface area contributed by atoms with E-state index in [-0.39, 0.29) is 22.5 Å². The first-order chi connectivity index (χ1) is 13.8. The number of halogens is 2. The SMILES string of the molecule is CN(C(=O)CN(c1ccc(F)cc1)S(=O)(=O)c1ccc(F)cc1)C1CCCCC1. The highest BCUT2D eigenvalue weighted by Gasteiger charge is 2.30. The standard InChI is InChI=1S/C21H24F2N2O3S/c1-24(18-5-3-2-4-6-18)21(26)15-25(19-11-7-16(22)8-12-19)29(27,28)20-13-9-17(23)10-14-20/h7-14,18H,2-6,15H2,1H3. The normalized spacial score (nSPS) is 15.1. The van der Waals surface area contributed by atoms with Gasteiger partial charge in [0, 0.05) is 13.1 Å². The monoisotopic (exact) mass is 422 g/mol. The number of carbonyl (C=O) groups excluding carboxylic acids is 1. The van der Waals surface area contributed by atoms with Gasteiger partial charge < -0.3 is 4.90 Å². The molecule has 1 aliphatic rings. The van der Waals surface area contributed by atoms with Crippen molar-refractivity contribution in [3.63, 3.8) is 0 Å². The second-order valence-corrected chi connectivity index (χ2v) is 9.10. The van der Waals surface area contributed by atoms with Gasteiger partial charge in [0.25, 0.3) is 10.0 Å². The predicted octanol–water partition coefficient (Wildman–Crippen LogP) is 3.95. The molecule has 0 N–H and O–H groups in total. The van der Waals surface area contributed by atoms with Gasteiger partial charge in [0.15, 0.2) is 0 Å². The molecule has 5 nitrogen and oxygen atoms in total. The van der Waals surface area contributed by atoms with Crippen LogP contribution in [0.2, 0.25) is 0 Å². The second-order valence-electron chi connectivity index (χ2n) is 7.24. The largest absolute Gasteiger partial charge is 0.341 e. The van der Waals surface area contributed by atoms with E-state index in [1.165, 1.54) is 12.1 Å². The van der Waals surface area contributed by atoms with E-state index in [0.29, 0.717) is 0 Å². The van der Waals surface area contributed by atoms with Crippen LogP contribution in [0.4, 0.5) is 14.5 Å². The molecular weight excluding hydrogens is 398 g/mol. The summed E-state index contributed by atoms with van der Waals surface area (Å²) in [4.78, 5) is 14.4. The van der Waals surface area contributed by atoms with Crippen molar-refractivity contribution in [3.8, 4) is 0 Å². The van der Waals surface area contributed by atoms with E-state index in [1.54, 1.807) is 11.9 Å². The molecule has 1 saturated carbocycles. The molecule has 0 saturated heterocycles. The average Bonchev–Trinajstić information content (AvgIpc) is 2.73. The Kier molecular flexibility index (Phi) is 6.52. The van der Waals surface area contributed by atoms with Gasteiger partial charge >= 0.3 is 0 Å². The van der Waals surface area contributed by atoms with Crippen molar-refractivity contribution in [2.24, 2.45) is 0 Å². The number of hydrogen-bond acceptors (Lipinski definition) is 3. The zero-order valence-electron chi connectivity index (χ0n) is 16.2. The quantitative estimate of drug-likeness (QED) is 0.708. The Hall–Kier alpha value is -2.48. The molecule has 0 radical (unpaired) electrons. The van der Waals surface area contributed by atoms with Crippen LogP contribution in [0.15, 0.2) is 53.4 Å². The van der Waals surface area contributed by atoms with Gasteiger partial charge in [0.2, 0.25) is 5.91 Å². The third-order valence-electron chi connectivity index (χ3n) is 5.31. The van der Waals surface area contributed by atoms with Crippen molar-refractivity contribution in [1.82, 2.24) is 4.90 Å². The molecule has 0 unspecified atom stereocenters. The number of anilines is 1. The van der Waals surface area contributed by atoms with Crippen molar-refractivity contribution in [3.05, 3.63) is 60.2 Å². The second kappa shape index (κ2) is 8.90. The topological polar surface area (TPSA) is 57.7 Å². The Morgan fingerprint density at radius 3 is 2.00 bits per heavy atom. The van der Waals surface area contributed by atoms with E-state index in [4.69, 9.17) is 0 Å². The van der Waals surface area contributed by atoms with Crippen LogP contribution < -0.4 is 4.31 Å². The van der Waals surface area contributed by atoms with Gasteiger partial charge in [-0.1, -0.05) is 19.3 Å². The van der Waals surface area contributed by atoms with Gasteiger partial charge in [-0.3, -0.25) is 9.10 Å². The Morgan fingerprint density at radius 2 is 1.45 bits per heavy atom. The molecule has 156 valence electrons. The van der Waals surface area contributed by atoms with Crippen LogP contribution in [-0.4, -0.2) is 38.9 Å². The highest BCUT2D eigenvalue weighted by molar-refractivity contribution is 7.92. The molecule has 1 fully saturated rings. The van der Waals surface area contributed by atoms with Crippen LogP contribution in [0.25, 0.3) is 0 Å². The highest BCUT2D eigenvalue weighted by atomic mass is 32.2. The van der Waals surface area contributed by atoms with Gasteiger partial charge in [-0.05, 0) is 61.4 Å². The fourth-order valence-corrected chi connectivity index (χ4v) is 4.98. The maximum absolute atomic E-state index is 13.4. The van der Waals surface area contributed by atoms with E-state index >= 15 is 0 Å². The first-order valence-electron chi connectivity index (χ1n) is 9.58. The molecule has 2 aromatic carbocycles. The third-order valence-corrected chi connectivity index (χ3v) is 7.10. The summed E-state index contributed by atoms with van der Waals surface area (Å²) in [5.41, 5.74) is 0.168. The zero-order chi connectivity index (χ0) is 21.0. The molecule has 8 heteroatoms. The number of carbonyl (C=O) groups is 1. The molecule has 0 aromatic heterocycles. The molecule has 0 aliphatic heterocycles. The minimum Gasteiger partial charge on any atom is -0.341 e. The molecule has 1 amide bonds. The van der Waals surface area contributed by atoms with Crippen molar-refractivity contribution in [1.29, 1.82) is 0 Å². The number of likely N-dealkylation sites (N-methyl/N-ethyl adjacent to an activating group) is 1. The van der Waals surface area contributed by atoms with Crippen LogP contribution in [0, 0.1) is 11.6 Å². The molecule has 0 heterocycles. The molecule has 29 heavy (non-hydrogen) atoms. The summed E-state index contributed by atoms with van der Waals surface area (Å²) in [7, 11) is -2.46. The van der Waals surface area contributed by atoms with Crippen LogP contribution in [0.5, 0.6) is 0 Å². The number of amides is 1. The Bertz CT molecular complexity index is 941. The number of nitrogens with zero attached hydrogens (tertiary/aromatic N) is 2. The van der Waals surface area contributed by atoms with Crippen LogP contribution in [0.3, 0.4) is 0 Å². The summed E-state index contributed by atoms with van der Waals surface area (Å²) in [5.74, 6) is -1.42. The highest BCUT2D eigenvalue weighted by Crippen LogP contribution is 2.26. The van der Waals surface area contributed by atoms with E-state index in [0.717, 1.165) is 72.8 Å². The van der Waals surface area contributed by atoms with E-state index < -0.39 is 28.2 Å². The van der Waals surface area contributed by atoms with E-state index in [2.05, 4.69) is 0 Å². The lowest BCUT2D eigenvalue weighted by Crippen LogP contribution is -2.45. The van der Waals surface area contributed by atoms with Crippen molar-refractivity contribution >= 4 is 21.6 Å². The smallest absolute Gasteiger partial charge is 0.264 e. The lowest BCUT2D eigenvalue weighted by Gasteiger charge is -2.33. The number of rotatable bonds is 6. The Labute approximate surface area is 170 Å². The Morgan fingerprint density at radius 1 is 0.931 bits per heavy atom. The fourth-order valence-electron chi connectivity index (χ4n) is 3.56.